The number of carbonyl (C=O) groups excluding carboxylic acids is 2. The predicted octanol–water partition coefficient (Wildman–Crippen LogP) is 3.52. The maximum Gasteiger partial charge on any atom is 0.259 e. The van der Waals surface area contributed by atoms with E-state index in [4.69, 9.17) is 4.74 Å². The van der Waals surface area contributed by atoms with Crippen molar-refractivity contribution in [2.75, 3.05) is 27.2 Å². The minimum atomic E-state index is -0.220. The van der Waals surface area contributed by atoms with Crippen molar-refractivity contribution >= 4 is 23.2 Å². The van der Waals surface area contributed by atoms with Crippen molar-refractivity contribution in [2.24, 2.45) is 0 Å². The summed E-state index contributed by atoms with van der Waals surface area (Å²) in [7, 11) is 3.22. The molecule has 1 aliphatic rings. The Kier molecular flexibility index (Phi) is 7.70. The Labute approximate surface area is 209 Å². The number of hydrogen-bond acceptors (Lipinski definition) is 5. The van der Waals surface area contributed by atoms with Crippen molar-refractivity contribution in [1.82, 2.24) is 14.4 Å². The zero-order valence-electron chi connectivity index (χ0n) is 20.5. The molecule has 1 aromatic carbocycles. The van der Waals surface area contributed by atoms with E-state index < -0.39 is 0 Å². The van der Waals surface area contributed by atoms with Crippen molar-refractivity contribution in [3.8, 4) is 5.75 Å². The number of aryl methyl sites for hydroxylation is 2. The number of thiophene rings is 1. The van der Waals surface area contributed by atoms with Crippen LogP contribution < -0.4 is 10.3 Å². The first-order valence-electron chi connectivity index (χ1n) is 11.8. The summed E-state index contributed by atoms with van der Waals surface area (Å²) >= 11 is 1.58. The van der Waals surface area contributed by atoms with Crippen LogP contribution in [0.2, 0.25) is 0 Å². The van der Waals surface area contributed by atoms with Gasteiger partial charge in [-0.3, -0.25) is 14.4 Å². The van der Waals surface area contributed by atoms with Gasteiger partial charge >= 0.3 is 0 Å². The van der Waals surface area contributed by atoms with Gasteiger partial charge in [0.05, 0.1) is 7.11 Å². The molecule has 184 valence electrons. The van der Waals surface area contributed by atoms with Crippen LogP contribution >= 0.6 is 11.3 Å². The van der Waals surface area contributed by atoms with Crippen molar-refractivity contribution in [3.05, 3.63) is 85.5 Å². The monoisotopic (exact) mass is 493 g/mol. The molecule has 0 bridgehead atoms. The van der Waals surface area contributed by atoms with Gasteiger partial charge in [0.2, 0.25) is 5.91 Å². The van der Waals surface area contributed by atoms with Crippen LogP contribution in [0, 0.1) is 6.92 Å². The smallest absolute Gasteiger partial charge is 0.259 e. The highest BCUT2D eigenvalue weighted by atomic mass is 32.1. The van der Waals surface area contributed by atoms with E-state index in [-0.39, 0.29) is 23.1 Å². The summed E-state index contributed by atoms with van der Waals surface area (Å²) in [6, 6.07) is 11.6. The van der Waals surface area contributed by atoms with Crippen LogP contribution in [-0.4, -0.2) is 53.4 Å². The average molecular weight is 494 g/mol. The zero-order valence-corrected chi connectivity index (χ0v) is 21.3. The normalized spacial score (nSPS) is 13.2. The van der Waals surface area contributed by atoms with Gasteiger partial charge in [0.1, 0.15) is 11.3 Å². The Balaban J connectivity index is 1.52. The quantitative estimate of drug-likeness (QED) is 0.505. The molecule has 0 spiro atoms. The number of methoxy groups -OCH3 is 1. The summed E-state index contributed by atoms with van der Waals surface area (Å²) in [4.78, 5) is 42.8. The van der Waals surface area contributed by atoms with E-state index >= 15 is 0 Å². The van der Waals surface area contributed by atoms with E-state index in [0.29, 0.717) is 56.7 Å². The first-order chi connectivity index (χ1) is 16.9. The van der Waals surface area contributed by atoms with Gasteiger partial charge in [0, 0.05) is 57.8 Å². The number of carbonyl (C=O) groups is 2. The molecule has 0 saturated heterocycles. The van der Waals surface area contributed by atoms with E-state index in [1.165, 1.54) is 18.7 Å². The first-order valence-corrected chi connectivity index (χ1v) is 12.7. The third kappa shape index (κ3) is 5.65. The summed E-state index contributed by atoms with van der Waals surface area (Å²) in [5.74, 6) is 0.138. The lowest BCUT2D eigenvalue weighted by Crippen LogP contribution is -2.34. The van der Waals surface area contributed by atoms with E-state index in [1.54, 1.807) is 32.8 Å². The van der Waals surface area contributed by atoms with Gasteiger partial charge < -0.3 is 19.1 Å². The predicted molar refractivity (Wildman–Crippen MR) is 137 cm³/mol. The number of rotatable bonds is 7. The molecule has 7 nitrogen and oxygen atoms in total. The first kappa shape index (κ1) is 24.7. The van der Waals surface area contributed by atoms with Crippen molar-refractivity contribution < 1.29 is 14.3 Å². The maximum absolute atomic E-state index is 13.5. The van der Waals surface area contributed by atoms with Crippen LogP contribution in [0.25, 0.3) is 0 Å². The molecule has 0 saturated carbocycles. The largest absolute Gasteiger partial charge is 0.496 e. The molecule has 0 atom stereocenters. The van der Waals surface area contributed by atoms with Crippen molar-refractivity contribution in [2.45, 2.75) is 39.3 Å². The van der Waals surface area contributed by atoms with Crippen LogP contribution in [0.1, 0.15) is 39.2 Å². The second-order valence-corrected chi connectivity index (χ2v) is 9.71. The van der Waals surface area contributed by atoms with Crippen LogP contribution in [0.3, 0.4) is 0 Å². The molecule has 4 rings (SSSR count). The number of pyridine rings is 1. The SMILES string of the molecule is COc1cc(=O)n2c(c1C(=O)N(C)Cc1ccsc1)CCN(C(=O)CCc1ccc(C)cc1)CC2. The molecule has 1 aliphatic heterocycles. The van der Waals surface area contributed by atoms with Crippen LogP contribution in [0.15, 0.2) is 52.0 Å². The van der Waals surface area contributed by atoms with Crippen LogP contribution in [0.5, 0.6) is 5.75 Å². The Hall–Kier alpha value is -3.39. The molecule has 0 N–H and O–H groups in total. The molecule has 35 heavy (non-hydrogen) atoms. The van der Waals surface area contributed by atoms with Crippen LogP contribution in [0.4, 0.5) is 0 Å². The molecule has 0 aliphatic carbocycles. The maximum atomic E-state index is 13.5. The molecule has 2 amide bonds. The lowest BCUT2D eigenvalue weighted by Gasteiger charge is -2.22. The lowest BCUT2D eigenvalue weighted by atomic mass is 10.1. The topological polar surface area (TPSA) is 71.8 Å². The molecule has 0 radical (unpaired) electrons. The summed E-state index contributed by atoms with van der Waals surface area (Å²) in [6.07, 6.45) is 1.50. The number of benzene rings is 1. The fraction of sp³-hybridized carbons (Fsp3) is 0.370. The van der Waals surface area contributed by atoms with Gasteiger partial charge in [0.15, 0.2) is 0 Å². The minimum Gasteiger partial charge on any atom is -0.496 e. The highest BCUT2D eigenvalue weighted by Crippen LogP contribution is 2.25. The van der Waals surface area contributed by atoms with Crippen molar-refractivity contribution in [3.63, 3.8) is 0 Å². The number of nitrogens with zero attached hydrogens (tertiary/aromatic N) is 3. The fourth-order valence-electron chi connectivity index (χ4n) is 4.47. The minimum absolute atomic E-state index is 0.0563. The Morgan fingerprint density at radius 2 is 1.86 bits per heavy atom. The van der Waals surface area contributed by atoms with Gasteiger partial charge in [-0.2, -0.15) is 11.3 Å². The molecule has 3 heterocycles. The van der Waals surface area contributed by atoms with Crippen LogP contribution in [-0.2, 0) is 30.7 Å². The Morgan fingerprint density at radius 1 is 1.09 bits per heavy atom. The molecule has 8 heteroatoms. The molecule has 0 unspecified atom stereocenters. The summed E-state index contributed by atoms with van der Waals surface area (Å²) < 4.78 is 7.10. The number of aromatic nitrogens is 1. The van der Waals surface area contributed by atoms with Gasteiger partial charge in [0.25, 0.3) is 11.5 Å². The highest BCUT2D eigenvalue weighted by molar-refractivity contribution is 7.07. The van der Waals surface area contributed by atoms with Gasteiger partial charge in [-0.05, 0) is 41.3 Å². The standard InChI is InChI=1S/C27H31N3O4S/c1-19-4-6-20(7-5-19)8-9-24(31)29-12-10-22-26(23(34-3)16-25(32)30(22)14-13-29)27(33)28(2)17-21-11-15-35-18-21/h4-7,11,15-16,18H,8-10,12-14,17H2,1-3H3. The summed E-state index contributed by atoms with van der Waals surface area (Å²) in [5.41, 5.74) is 4.18. The summed E-state index contributed by atoms with van der Waals surface area (Å²) in [6.45, 7) is 3.74. The second-order valence-electron chi connectivity index (χ2n) is 8.93. The second kappa shape index (κ2) is 10.9. The number of fused-ring (bicyclic) bond motifs is 1. The molecular weight excluding hydrogens is 462 g/mol. The zero-order chi connectivity index (χ0) is 24.9. The summed E-state index contributed by atoms with van der Waals surface area (Å²) in [5, 5.41) is 3.99. The number of amides is 2. The third-order valence-corrected chi connectivity index (χ3v) is 7.21. The van der Waals surface area contributed by atoms with Gasteiger partial charge in [-0.1, -0.05) is 29.8 Å². The lowest BCUT2D eigenvalue weighted by molar-refractivity contribution is -0.131. The van der Waals surface area contributed by atoms with Gasteiger partial charge in [-0.15, -0.1) is 0 Å². The molecule has 3 aromatic rings. The average Bonchev–Trinajstić information content (AvgIpc) is 3.26. The van der Waals surface area contributed by atoms with E-state index in [9.17, 15) is 14.4 Å². The number of hydrogen-bond donors (Lipinski definition) is 0. The molecule has 2 aromatic heterocycles. The Morgan fingerprint density at radius 3 is 2.54 bits per heavy atom. The van der Waals surface area contributed by atoms with E-state index in [0.717, 1.165) is 11.1 Å². The van der Waals surface area contributed by atoms with Gasteiger partial charge in [-0.25, -0.2) is 0 Å². The fourth-order valence-corrected chi connectivity index (χ4v) is 5.13. The molecule has 0 fully saturated rings. The van der Waals surface area contributed by atoms with E-state index in [1.807, 2.05) is 23.8 Å². The number of ether oxygens (including phenoxy) is 1. The van der Waals surface area contributed by atoms with Crippen molar-refractivity contribution in [1.29, 1.82) is 0 Å². The Bertz CT molecular complexity index is 1250. The molecular formula is C27H31N3O4S. The highest BCUT2D eigenvalue weighted by Gasteiger charge is 2.28. The third-order valence-electron chi connectivity index (χ3n) is 6.47. The van der Waals surface area contributed by atoms with E-state index in [2.05, 4.69) is 24.3 Å².